The van der Waals surface area contributed by atoms with Gasteiger partial charge in [-0.15, -0.1) is 23.2 Å². The highest BCUT2D eigenvalue weighted by molar-refractivity contribution is 6.53. The quantitative estimate of drug-likeness (QED) is 0.250. The highest BCUT2D eigenvalue weighted by Gasteiger charge is 2.67. The van der Waals surface area contributed by atoms with Crippen LogP contribution in [0.3, 0.4) is 0 Å². The summed E-state index contributed by atoms with van der Waals surface area (Å²) in [5.41, 5.74) is 1.60. The fraction of sp³-hybridized carbons (Fsp3) is 0.136. The SMILES string of the molecule is O=C(Nc1ccnc(Cl)c1)c1cc(NC(=O)[C@H]2C(c3cc(Cl)cc(Cl)c3)C2(Cl)Cl)ccc1Cl. The van der Waals surface area contributed by atoms with E-state index in [4.69, 9.17) is 69.6 Å². The molecule has 11 heteroatoms. The van der Waals surface area contributed by atoms with Crippen molar-refractivity contribution in [3.63, 3.8) is 0 Å². The van der Waals surface area contributed by atoms with Gasteiger partial charge in [-0.2, -0.15) is 0 Å². The fourth-order valence-electron chi connectivity index (χ4n) is 3.50. The van der Waals surface area contributed by atoms with Crippen molar-refractivity contribution in [3.8, 4) is 0 Å². The number of carbonyl (C=O) groups is 2. The number of carbonyl (C=O) groups excluding carboxylic acids is 2. The van der Waals surface area contributed by atoms with Gasteiger partial charge in [-0.1, -0.05) is 46.4 Å². The van der Waals surface area contributed by atoms with Crippen LogP contribution in [0.5, 0.6) is 0 Å². The zero-order chi connectivity index (χ0) is 23.9. The van der Waals surface area contributed by atoms with Gasteiger partial charge in [0, 0.05) is 33.5 Å². The van der Waals surface area contributed by atoms with E-state index in [9.17, 15) is 9.59 Å². The van der Waals surface area contributed by atoms with E-state index >= 15 is 0 Å². The number of pyridine rings is 1. The molecule has 4 rings (SSSR count). The maximum absolute atomic E-state index is 12.9. The number of benzene rings is 2. The van der Waals surface area contributed by atoms with E-state index in [0.717, 1.165) is 0 Å². The van der Waals surface area contributed by atoms with Gasteiger partial charge in [-0.25, -0.2) is 4.98 Å². The Kier molecular flexibility index (Phi) is 7.02. The van der Waals surface area contributed by atoms with Crippen LogP contribution in [0.2, 0.25) is 20.2 Å². The van der Waals surface area contributed by atoms with E-state index in [1.54, 1.807) is 30.3 Å². The van der Waals surface area contributed by atoms with Gasteiger partial charge in [0.2, 0.25) is 5.91 Å². The molecule has 0 spiro atoms. The Morgan fingerprint density at radius 2 is 1.52 bits per heavy atom. The van der Waals surface area contributed by atoms with Crippen LogP contribution in [-0.4, -0.2) is 21.1 Å². The molecular formula is C22H13Cl6N3O2. The van der Waals surface area contributed by atoms with Gasteiger partial charge in [-0.3, -0.25) is 9.59 Å². The summed E-state index contributed by atoms with van der Waals surface area (Å²) in [7, 11) is 0. The molecule has 1 heterocycles. The molecule has 2 aromatic carbocycles. The number of nitrogens with one attached hydrogen (secondary N) is 2. The molecule has 1 aliphatic rings. The van der Waals surface area contributed by atoms with Gasteiger partial charge in [-0.05, 0) is 54.1 Å². The molecule has 2 atom stereocenters. The maximum atomic E-state index is 12.9. The predicted molar refractivity (Wildman–Crippen MR) is 134 cm³/mol. The zero-order valence-electron chi connectivity index (χ0n) is 16.4. The monoisotopic (exact) mass is 561 g/mol. The lowest BCUT2D eigenvalue weighted by molar-refractivity contribution is -0.117. The average Bonchev–Trinajstić information content (AvgIpc) is 3.31. The third-order valence-electron chi connectivity index (χ3n) is 5.04. The van der Waals surface area contributed by atoms with Crippen molar-refractivity contribution in [1.29, 1.82) is 0 Å². The van der Waals surface area contributed by atoms with Crippen molar-refractivity contribution >= 4 is 92.8 Å². The summed E-state index contributed by atoms with van der Waals surface area (Å²) in [5.74, 6) is -2.15. The predicted octanol–water partition coefficient (Wildman–Crippen LogP) is 7.47. The standard InChI is InChI=1S/C22H13Cl6N3O2/c23-11-5-10(6-12(24)7-11)18-19(22(18,27)28)21(33)31-13-1-2-16(25)15(8-13)20(32)30-14-3-4-29-17(26)9-14/h1-9,18-19H,(H,31,33)(H,29,30,32)/t18?,19-/m1/s1. The van der Waals surface area contributed by atoms with E-state index in [2.05, 4.69) is 15.6 Å². The molecule has 1 saturated carbocycles. The van der Waals surface area contributed by atoms with Crippen molar-refractivity contribution in [2.75, 3.05) is 10.6 Å². The highest BCUT2D eigenvalue weighted by Crippen LogP contribution is 2.65. The number of amides is 2. The van der Waals surface area contributed by atoms with Crippen LogP contribution < -0.4 is 10.6 Å². The number of alkyl halides is 2. The Bertz CT molecular complexity index is 1250. The summed E-state index contributed by atoms with van der Waals surface area (Å²) >= 11 is 37.0. The molecule has 0 radical (unpaired) electrons. The molecule has 3 aromatic rings. The molecule has 0 saturated heterocycles. The van der Waals surface area contributed by atoms with Gasteiger partial charge < -0.3 is 10.6 Å². The molecular weight excluding hydrogens is 551 g/mol. The number of rotatable bonds is 5. The molecule has 0 bridgehead atoms. The number of hydrogen-bond acceptors (Lipinski definition) is 3. The van der Waals surface area contributed by atoms with E-state index in [-0.39, 0.29) is 15.7 Å². The molecule has 1 fully saturated rings. The van der Waals surface area contributed by atoms with Crippen molar-refractivity contribution < 1.29 is 9.59 Å². The first-order chi connectivity index (χ1) is 15.6. The van der Waals surface area contributed by atoms with Crippen LogP contribution in [0, 0.1) is 5.92 Å². The molecule has 0 aliphatic heterocycles. The minimum atomic E-state index is -1.33. The van der Waals surface area contributed by atoms with Crippen LogP contribution in [0.1, 0.15) is 21.8 Å². The Morgan fingerprint density at radius 1 is 0.848 bits per heavy atom. The van der Waals surface area contributed by atoms with E-state index < -0.39 is 28.0 Å². The van der Waals surface area contributed by atoms with Gasteiger partial charge in [0.05, 0.1) is 16.5 Å². The van der Waals surface area contributed by atoms with Crippen LogP contribution in [-0.2, 0) is 4.79 Å². The van der Waals surface area contributed by atoms with Crippen LogP contribution in [0.15, 0.2) is 54.7 Å². The number of aromatic nitrogens is 1. The molecule has 170 valence electrons. The topological polar surface area (TPSA) is 71.1 Å². The van der Waals surface area contributed by atoms with Gasteiger partial charge >= 0.3 is 0 Å². The van der Waals surface area contributed by atoms with Crippen LogP contribution in [0.4, 0.5) is 11.4 Å². The lowest BCUT2D eigenvalue weighted by Gasteiger charge is -2.10. The minimum absolute atomic E-state index is 0.152. The molecule has 33 heavy (non-hydrogen) atoms. The summed E-state index contributed by atoms with van der Waals surface area (Å²) in [6.45, 7) is 0. The number of hydrogen-bond donors (Lipinski definition) is 2. The second-order valence-electron chi connectivity index (χ2n) is 7.34. The summed E-state index contributed by atoms with van der Waals surface area (Å²) in [6.07, 6.45) is 1.46. The van der Waals surface area contributed by atoms with Gasteiger partial charge in [0.25, 0.3) is 5.91 Å². The number of halogens is 6. The molecule has 1 unspecified atom stereocenters. The van der Waals surface area contributed by atoms with E-state index in [1.807, 2.05) is 0 Å². The molecule has 5 nitrogen and oxygen atoms in total. The number of nitrogens with zero attached hydrogens (tertiary/aromatic N) is 1. The second-order valence-corrected chi connectivity index (χ2v) is 10.4. The summed E-state index contributed by atoms with van der Waals surface area (Å²) in [4.78, 5) is 29.5. The molecule has 2 amide bonds. The third kappa shape index (κ3) is 5.35. The lowest BCUT2D eigenvalue weighted by Crippen LogP contribution is -2.18. The van der Waals surface area contributed by atoms with Crippen LogP contribution in [0.25, 0.3) is 0 Å². The molecule has 2 N–H and O–H groups in total. The third-order valence-corrected chi connectivity index (χ3v) is 6.96. The zero-order valence-corrected chi connectivity index (χ0v) is 20.9. The Labute approximate surface area is 219 Å². The Balaban J connectivity index is 1.51. The van der Waals surface area contributed by atoms with Crippen molar-refractivity contribution in [2.24, 2.45) is 5.92 Å². The second kappa shape index (κ2) is 9.49. The van der Waals surface area contributed by atoms with Crippen LogP contribution >= 0.6 is 69.6 Å². The minimum Gasteiger partial charge on any atom is -0.326 e. The number of anilines is 2. The first-order valence-electron chi connectivity index (χ1n) is 9.43. The normalized spacial score (nSPS) is 18.5. The van der Waals surface area contributed by atoms with Gasteiger partial charge in [0.15, 0.2) is 0 Å². The summed E-state index contributed by atoms with van der Waals surface area (Å²) in [5, 5.41) is 6.68. The van der Waals surface area contributed by atoms with Crippen molar-refractivity contribution in [2.45, 2.75) is 10.3 Å². The largest absolute Gasteiger partial charge is 0.326 e. The summed E-state index contributed by atoms with van der Waals surface area (Å²) in [6, 6.07) is 12.5. The van der Waals surface area contributed by atoms with E-state index in [1.165, 1.54) is 24.4 Å². The first-order valence-corrected chi connectivity index (χ1v) is 11.7. The Morgan fingerprint density at radius 3 is 2.18 bits per heavy atom. The smallest absolute Gasteiger partial charge is 0.257 e. The molecule has 1 aromatic heterocycles. The Hall–Kier alpha value is -1.73. The van der Waals surface area contributed by atoms with Crippen molar-refractivity contribution in [1.82, 2.24) is 4.98 Å². The average molecular weight is 564 g/mol. The molecule has 1 aliphatic carbocycles. The summed E-state index contributed by atoms with van der Waals surface area (Å²) < 4.78 is -1.33. The van der Waals surface area contributed by atoms with E-state index in [0.29, 0.717) is 27.0 Å². The first kappa shape index (κ1) is 24.4. The highest BCUT2D eigenvalue weighted by atomic mass is 35.5. The fourth-order valence-corrected chi connectivity index (χ4v) is 5.25. The lowest BCUT2D eigenvalue weighted by atomic mass is 10.1. The maximum Gasteiger partial charge on any atom is 0.257 e. The van der Waals surface area contributed by atoms with Crippen molar-refractivity contribution in [3.05, 3.63) is 86.1 Å². The van der Waals surface area contributed by atoms with Gasteiger partial charge in [0.1, 0.15) is 9.49 Å².